The Morgan fingerprint density at radius 1 is 1.10 bits per heavy atom. The van der Waals surface area contributed by atoms with E-state index in [9.17, 15) is 9.18 Å². The van der Waals surface area contributed by atoms with E-state index < -0.39 is 17.5 Å². The van der Waals surface area contributed by atoms with Crippen LogP contribution in [0, 0.1) is 5.82 Å². The number of ether oxygens (including phenoxy) is 1. The number of benzene rings is 2. The van der Waals surface area contributed by atoms with Gasteiger partial charge in [-0.2, -0.15) is 0 Å². The van der Waals surface area contributed by atoms with Crippen LogP contribution in [0.5, 0.6) is 0 Å². The summed E-state index contributed by atoms with van der Waals surface area (Å²) in [5.74, 6) is 0.284. The highest BCUT2D eigenvalue weighted by atomic mass is 19.1. The van der Waals surface area contributed by atoms with Gasteiger partial charge in [0.1, 0.15) is 22.8 Å². The fourth-order valence-electron chi connectivity index (χ4n) is 3.22. The number of nitrogens with zero attached hydrogens (tertiary/aromatic N) is 2. The lowest BCUT2D eigenvalue weighted by Crippen LogP contribution is -2.32. The van der Waals surface area contributed by atoms with Gasteiger partial charge in [0.15, 0.2) is 5.65 Å². The predicted molar refractivity (Wildman–Crippen MR) is 118 cm³/mol. The minimum atomic E-state index is -0.610. The Bertz CT molecular complexity index is 1230. The van der Waals surface area contributed by atoms with Gasteiger partial charge < -0.3 is 15.0 Å². The fourth-order valence-corrected chi connectivity index (χ4v) is 3.22. The maximum Gasteiger partial charge on any atom is 0.407 e. The molecule has 4 aromatic rings. The summed E-state index contributed by atoms with van der Waals surface area (Å²) in [5, 5.41) is 2.58. The van der Waals surface area contributed by atoms with Crippen molar-refractivity contribution in [3.63, 3.8) is 0 Å². The van der Waals surface area contributed by atoms with E-state index >= 15 is 0 Å². The maximum atomic E-state index is 14.8. The van der Waals surface area contributed by atoms with Gasteiger partial charge in [0.25, 0.3) is 0 Å². The summed E-state index contributed by atoms with van der Waals surface area (Å²) in [5.41, 5.74) is 3.45. The van der Waals surface area contributed by atoms with Gasteiger partial charge in [-0.25, -0.2) is 19.2 Å². The van der Waals surface area contributed by atoms with Crippen LogP contribution in [0.4, 0.5) is 9.18 Å². The lowest BCUT2D eigenvalue weighted by Gasteiger charge is -2.19. The van der Waals surface area contributed by atoms with E-state index in [1.54, 1.807) is 39.1 Å². The molecule has 0 bridgehead atoms. The first-order valence-corrected chi connectivity index (χ1v) is 9.96. The normalized spacial score (nSPS) is 11.5. The minimum Gasteiger partial charge on any atom is -0.444 e. The Labute approximate surface area is 179 Å². The van der Waals surface area contributed by atoms with Crippen LogP contribution in [0.25, 0.3) is 33.7 Å². The van der Waals surface area contributed by atoms with E-state index in [0.29, 0.717) is 28.1 Å². The molecule has 7 heteroatoms. The summed E-state index contributed by atoms with van der Waals surface area (Å²) < 4.78 is 19.9. The number of H-pyrrole nitrogens is 1. The van der Waals surface area contributed by atoms with Gasteiger partial charge in [-0.3, -0.25) is 0 Å². The summed E-state index contributed by atoms with van der Waals surface area (Å²) in [7, 11) is 0. The van der Waals surface area contributed by atoms with Crippen molar-refractivity contribution in [3.05, 3.63) is 72.2 Å². The monoisotopic (exact) mass is 418 g/mol. The van der Waals surface area contributed by atoms with Gasteiger partial charge in [-0.05, 0) is 38.5 Å². The number of hydrogen-bond acceptors (Lipinski definition) is 4. The topological polar surface area (TPSA) is 79.9 Å². The number of nitrogens with one attached hydrogen (secondary N) is 2. The Morgan fingerprint density at radius 3 is 2.58 bits per heavy atom. The molecule has 0 atom stereocenters. The van der Waals surface area contributed by atoms with Crippen molar-refractivity contribution < 1.29 is 13.9 Å². The molecular weight excluding hydrogens is 395 g/mol. The third-order valence-corrected chi connectivity index (χ3v) is 4.62. The van der Waals surface area contributed by atoms with Gasteiger partial charge in [0.2, 0.25) is 0 Å². The zero-order chi connectivity index (χ0) is 22.0. The van der Waals surface area contributed by atoms with Crippen LogP contribution in [-0.2, 0) is 11.3 Å². The van der Waals surface area contributed by atoms with Crippen molar-refractivity contribution in [1.82, 2.24) is 20.3 Å². The zero-order valence-corrected chi connectivity index (χ0v) is 17.6. The van der Waals surface area contributed by atoms with E-state index in [4.69, 9.17) is 9.72 Å². The first-order valence-electron chi connectivity index (χ1n) is 9.96. The van der Waals surface area contributed by atoms with Crippen LogP contribution >= 0.6 is 0 Å². The second-order valence-corrected chi connectivity index (χ2v) is 8.17. The standard InChI is InChI=1S/C24H23FN4O2/c1-24(2,3)31-23(30)27-14-17-10-9-16(13-19(17)25)18-11-12-26-22-20(18)28-21(29-22)15-7-5-4-6-8-15/h4-13H,14H2,1-3H3,(H,27,30)(H,26,28,29). The number of alkyl carbamates (subject to hydrolysis) is 1. The molecule has 0 fully saturated rings. The number of pyridine rings is 1. The molecule has 6 nitrogen and oxygen atoms in total. The van der Waals surface area contributed by atoms with Gasteiger partial charge >= 0.3 is 6.09 Å². The number of aromatic nitrogens is 3. The lowest BCUT2D eigenvalue weighted by molar-refractivity contribution is 0.0523. The molecule has 31 heavy (non-hydrogen) atoms. The molecular formula is C24H23FN4O2. The largest absolute Gasteiger partial charge is 0.444 e. The quantitative estimate of drug-likeness (QED) is 0.461. The van der Waals surface area contributed by atoms with Crippen molar-refractivity contribution in [2.45, 2.75) is 32.9 Å². The number of hydrogen-bond donors (Lipinski definition) is 2. The van der Waals surface area contributed by atoms with Gasteiger partial charge in [-0.1, -0.05) is 42.5 Å². The molecule has 2 aromatic carbocycles. The SMILES string of the molecule is CC(C)(C)OC(=O)NCc1ccc(-c2ccnc3[nH]c(-c4ccccc4)nc23)cc1F. The molecule has 0 saturated heterocycles. The number of fused-ring (bicyclic) bond motifs is 1. The van der Waals surface area contributed by atoms with Gasteiger partial charge in [0, 0.05) is 29.4 Å². The van der Waals surface area contributed by atoms with E-state index in [1.807, 2.05) is 36.4 Å². The molecule has 0 unspecified atom stereocenters. The number of rotatable bonds is 4. The zero-order valence-electron chi connectivity index (χ0n) is 17.6. The van der Waals surface area contributed by atoms with Crippen molar-refractivity contribution in [1.29, 1.82) is 0 Å². The van der Waals surface area contributed by atoms with Crippen LogP contribution in [-0.4, -0.2) is 26.6 Å². The summed E-state index contributed by atoms with van der Waals surface area (Å²) in [6.45, 7) is 5.36. The smallest absolute Gasteiger partial charge is 0.407 e. The third-order valence-electron chi connectivity index (χ3n) is 4.62. The highest BCUT2D eigenvalue weighted by molar-refractivity contribution is 5.91. The van der Waals surface area contributed by atoms with Crippen LogP contribution in [0.15, 0.2) is 60.8 Å². The second-order valence-electron chi connectivity index (χ2n) is 8.17. The van der Waals surface area contributed by atoms with Crippen LogP contribution in [0.2, 0.25) is 0 Å². The van der Waals surface area contributed by atoms with Crippen LogP contribution < -0.4 is 5.32 Å². The van der Waals surface area contributed by atoms with E-state index in [1.165, 1.54) is 6.07 Å². The number of amides is 1. The number of aromatic amines is 1. The first-order chi connectivity index (χ1) is 14.8. The van der Waals surface area contributed by atoms with E-state index in [2.05, 4.69) is 15.3 Å². The second kappa shape index (κ2) is 8.18. The number of halogens is 1. The highest BCUT2D eigenvalue weighted by Crippen LogP contribution is 2.29. The molecule has 2 heterocycles. The van der Waals surface area contributed by atoms with Gasteiger partial charge in [0.05, 0.1) is 0 Å². The van der Waals surface area contributed by atoms with Crippen molar-refractivity contribution >= 4 is 17.3 Å². The number of imidazole rings is 1. The molecule has 0 spiro atoms. The molecule has 0 saturated carbocycles. The Kier molecular flexibility index (Phi) is 5.42. The minimum absolute atomic E-state index is 0.0351. The van der Waals surface area contributed by atoms with Crippen LogP contribution in [0.1, 0.15) is 26.3 Å². The van der Waals surface area contributed by atoms with Crippen LogP contribution in [0.3, 0.4) is 0 Å². The molecule has 4 rings (SSSR count). The highest BCUT2D eigenvalue weighted by Gasteiger charge is 2.17. The molecule has 0 aliphatic carbocycles. The fraction of sp³-hybridized carbons (Fsp3) is 0.208. The molecule has 0 aliphatic heterocycles. The van der Waals surface area contributed by atoms with Gasteiger partial charge in [-0.15, -0.1) is 0 Å². The predicted octanol–water partition coefficient (Wildman–Crippen LogP) is 5.46. The van der Waals surface area contributed by atoms with Crippen molar-refractivity contribution in [2.24, 2.45) is 0 Å². The molecule has 2 aromatic heterocycles. The third kappa shape index (κ3) is 4.71. The average Bonchev–Trinajstić information content (AvgIpc) is 3.17. The molecule has 0 aliphatic rings. The maximum absolute atomic E-state index is 14.8. The first kappa shape index (κ1) is 20.5. The molecule has 0 radical (unpaired) electrons. The Hall–Kier alpha value is -3.74. The van der Waals surface area contributed by atoms with Crippen molar-refractivity contribution in [3.8, 4) is 22.5 Å². The Morgan fingerprint density at radius 2 is 1.87 bits per heavy atom. The van der Waals surface area contributed by atoms with E-state index in [0.717, 1.165) is 11.1 Å². The summed E-state index contributed by atoms with van der Waals surface area (Å²) >= 11 is 0. The number of carbonyl (C=O) groups is 1. The summed E-state index contributed by atoms with van der Waals surface area (Å²) in [6, 6.07) is 16.5. The molecule has 1 amide bonds. The number of carbonyl (C=O) groups excluding carboxylic acids is 1. The molecule has 2 N–H and O–H groups in total. The average molecular weight is 418 g/mol. The Balaban J connectivity index is 1.59. The lowest BCUT2D eigenvalue weighted by atomic mass is 10.0. The molecule has 158 valence electrons. The van der Waals surface area contributed by atoms with E-state index in [-0.39, 0.29) is 6.54 Å². The summed E-state index contributed by atoms with van der Waals surface area (Å²) in [6.07, 6.45) is 1.08. The summed E-state index contributed by atoms with van der Waals surface area (Å²) in [4.78, 5) is 24.1. The van der Waals surface area contributed by atoms with Crippen molar-refractivity contribution in [2.75, 3.05) is 0 Å².